The molecular weight excluding hydrogens is 516 g/mol. The van der Waals surface area contributed by atoms with Crippen molar-refractivity contribution in [3.8, 4) is 0 Å². The highest BCUT2D eigenvalue weighted by molar-refractivity contribution is 7.98. The first-order valence-corrected chi connectivity index (χ1v) is 13.1. The van der Waals surface area contributed by atoms with Crippen molar-refractivity contribution in [2.45, 2.75) is 49.9 Å². The van der Waals surface area contributed by atoms with Gasteiger partial charge < -0.3 is 36.9 Å². The number of nitrogens with two attached hydrogens (primary N) is 1. The van der Waals surface area contributed by atoms with Crippen LogP contribution in [0.25, 0.3) is 0 Å². The summed E-state index contributed by atoms with van der Waals surface area (Å²) in [5.74, 6) is -4.62. The predicted octanol–water partition coefficient (Wildman–Crippen LogP) is -0.711. The Bertz CT molecular complexity index is 1080. The Kier molecular flexibility index (Phi) is 12.3. The van der Waals surface area contributed by atoms with E-state index in [0.717, 1.165) is 0 Å². The van der Waals surface area contributed by atoms with E-state index in [9.17, 15) is 34.2 Å². The number of carbonyl (C=O) groups is 5. The molecular formula is C24H32N6O7S. The monoisotopic (exact) mass is 548 g/mol. The fourth-order valence-electron chi connectivity index (χ4n) is 3.49. The number of thioether (sulfide) groups is 1. The number of hydrogen-bond donors (Lipinski definition) is 7. The summed E-state index contributed by atoms with van der Waals surface area (Å²) in [6.07, 6.45) is 4.25. The molecule has 1 aromatic heterocycles. The van der Waals surface area contributed by atoms with Crippen LogP contribution in [0.1, 0.15) is 24.1 Å². The molecule has 2 aromatic rings. The van der Waals surface area contributed by atoms with Crippen molar-refractivity contribution in [1.82, 2.24) is 25.9 Å². The summed E-state index contributed by atoms with van der Waals surface area (Å²) in [7, 11) is 0. The van der Waals surface area contributed by atoms with E-state index < -0.39 is 60.2 Å². The first kappa shape index (κ1) is 30.3. The lowest BCUT2D eigenvalue weighted by Gasteiger charge is -2.24. The van der Waals surface area contributed by atoms with Crippen molar-refractivity contribution in [1.29, 1.82) is 0 Å². The lowest BCUT2D eigenvalue weighted by molar-refractivity contribution is -0.143. The number of aromatic nitrogens is 2. The second-order valence-corrected chi connectivity index (χ2v) is 9.46. The topological polar surface area (TPSA) is 217 Å². The molecule has 13 nitrogen and oxygen atoms in total. The van der Waals surface area contributed by atoms with Gasteiger partial charge in [0.15, 0.2) is 0 Å². The Balaban J connectivity index is 2.10. The lowest BCUT2D eigenvalue weighted by atomic mass is 10.0. The molecule has 0 aliphatic carbocycles. The van der Waals surface area contributed by atoms with Gasteiger partial charge in [-0.2, -0.15) is 11.8 Å². The van der Waals surface area contributed by atoms with Gasteiger partial charge in [0, 0.05) is 24.7 Å². The van der Waals surface area contributed by atoms with Crippen LogP contribution in [-0.2, 0) is 36.8 Å². The molecule has 0 saturated heterocycles. The number of imidazole rings is 1. The molecule has 38 heavy (non-hydrogen) atoms. The minimum absolute atomic E-state index is 0.0454. The van der Waals surface area contributed by atoms with Crippen LogP contribution in [0.3, 0.4) is 0 Å². The van der Waals surface area contributed by atoms with Crippen molar-refractivity contribution < 1.29 is 34.2 Å². The summed E-state index contributed by atoms with van der Waals surface area (Å²) < 4.78 is 0. The molecule has 206 valence electrons. The van der Waals surface area contributed by atoms with E-state index in [-0.39, 0.29) is 19.3 Å². The molecule has 0 aliphatic heterocycles. The van der Waals surface area contributed by atoms with Gasteiger partial charge in [0.05, 0.1) is 18.8 Å². The SMILES string of the molecule is CSCCC(NC(=O)C(N)Cc1cnc[nH]1)C(=O)NC(CC(=O)O)C(=O)NC(Cc1ccccc1)C(=O)O. The number of aromatic amines is 1. The van der Waals surface area contributed by atoms with Crippen LogP contribution in [0.5, 0.6) is 0 Å². The summed E-state index contributed by atoms with van der Waals surface area (Å²) >= 11 is 1.42. The number of nitrogens with one attached hydrogen (secondary N) is 4. The van der Waals surface area contributed by atoms with Gasteiger partial charge in [-0.15, -0.1) is 0 Å². The first-order valence-electron chi connectivity index (χ1n) is 11.7. The standard InChI is InChI=1S/C24H32N6O7S/c1-38-8-7-17(28-21(33)16(25)10-15-12-26-13-27-15)22(34)29-18(11-20(31)32)23(35)30-19(24(36)37)9-14-5-3-2-4-6-14/h2-6,12-13,16-19H,7-11,25H2,1H3,(H,26,27)(H,28,33)(H,29,34)(H,30,35)(H,31,32)(H,36,37). The zero-order chi connectivity index (χ0) is 28.1. The molecule has 14 heteroatoms. The molecule has 0 saturated carbocycles. The van der Waals surface area contributed by atoms with E-state index in [1.54, 1.807) is 36.6 Å². The van der Waals surface area contributed by atoms with Crippen molar-refractivity contribution in [3.63, 3.8) is 0 Å². The Labute approximate surface area is 223 Å². The van der Waals surface area contributed by atoms with Crippen molar-refractivity contribution in [3.05, 3.63) is 54.1 Å². The second-order valence-electron chi connectivity index (χ2n) is 8.48. The van der Waals surface area contributed by atoms with Crippen LogP contribution in [0.2, 0.25) is 0 Å². The number of carbonyl (C=O) groups excluding carboxylic acids is 3. The highest BCUT2D eigenvalue weighted by Crippen LogP contribution is 2.07. The third kappa shape index (κ3) is 10.2. The van der Waals surface area contributed by atoms with Crippen molar-refractivity contribution in [2.24, 2.45) is 5.73 Å². The van der Waals surface area contributed by atoms with Gasteiger partial charge in [-0.1, -0.05) is 30.3 Å². The van der Waals surface area contributed by atoms with Gasteiger partial charge in [0.2, 0.25) is 17.7 Å². The Hall–Kier alpha value is -3.91. The minimum Gasteiger partial charge on any atom is -0.481 e. The second kappa shape index (κ2) is 15.4. The van der Waals surface area contributed by atoms with Gasteiger partial charge in [0.1, 0.15) is 18.1 Å². The molecule has 4 atom stereocenters. The molecule has 0 aliphatic rings. The smallest absolute Gasteiger partial charge is 0.326 e. The number of nitrogens with zero attached hydrogens (tertiary/aromatic N) is 1. The average molecular weight is 549 g/mol. The van der Waals surface area contributed by atoms with E-state index in [1.807, 2.05) is 0 Å². The number of carboxylic acid groups (broad SMARTS) is 2. The van der Waals surface area contributed by atoms with E-state index in [2.05, 4.69) is 25.9 Å². The number of aliphatic carboxylic acids is 2. The third-order valence-corrected chi connectivity index (χ3v) is 6.13. The van der Waals surface area contributed by atoms with Crippen LogP contribution < -0.4 is 21.7 Å². The molecule has 3 amide bonds. The largest absolute Gasteiger partial charge is 0.481 e. The summed E-state index contributed by atoms with van der Waals surface area (Å²) in [5, 5.41) is 26.1. The lowest BCUT2D eigenvalue weighted by Crippen LogP contribution is -2.58. The van der Waals surface area contributed by atoms with Crippen LogP contribution in [0.15, 0.2) is 42.9 Å². The fraction of sp³-hybridized carbons (Fsp3) is 0.417. The number of hydrogen-bond acceptors (Lipinski definition) is 8. The maximum absolute atomic E-state index is 13.0. The molecule has 0 bridgehead atoms. The molecule has 1 heterocycles. The molecule has 8 N–H and O–H groups in total. The van der Waals surface area contributed by atoms with Crippen molar-refractivity contribution in [2.75, 3.05) is 12.0 Å². The number of benzene rings is 1. The zero-order valence-electron chi connectivity index (χ0n) is 20.8. The fourth-order valence-corrected chi connectivity index (χ4v) is 3.96. The molecule has 4 unspecified atom stereocenters. The summed E-state index contributed by atoms with van der Waals surface area (Å²) in [5.41, 5.74) is 7.22. The molecule has 2 rings (SSSR count). The quantitative estimate of drug-likeness (QED) is 0.140. The van der Waals surface area contributed by atoms with Gasteiger partial charge in [-0.05, 0) is 24.0 Å². The van der Waals surface area contributed by atoms with Crippen LogP contribution in [0, 0.1) is 0 Å². The number of carboxylic acids is 2. The van der Waals surface area contributed by atoms with E-state index in [1.165, 1.54) is 24.3 Å². The zero-order valence-corrected chi connectivity index (χ0v) is 21.6. The van der Waals surface area contributed by atoms with Gasteiger partial charge in [-0.3, -0.25) is 19.2 Å². The first-order chi connectivity index (χ1) is 18.1. The van der Waals surface area contributed by atoms with Gasteiger partial charge in [-0.25, -0.2) is 9.78 Å². The molecule has 0 radical (unpaired) electrons. The summed E-state index contributed by atoms with van der Waals surface area (Å²) in [4.78, 5) is 68.4. The normalized spacial score (nSPS) is 13.9. The summed E-state index contributed by atoms with van der Waals surface area (Å²) in [6, 6.07) is 3.53. The Morgan fingerprint density at radius 3 is 2.16 bits per heavy atom. The maximum atomic E-state index is 13.0. The highest BCUT2D eigenvalue weighted by Gasteiger charge is 2.31. The average Bonchev–Trinajstić information content (AvgIpc) is 3.38. The molecule has 0 fully saturated rings. The van der Waals surface area contributed by atoms with Crippen LogP contribution in [0.4, 0.5) is 0 Å². The summed E-state index contributed by atoms with van der Waals surface area (Å²) in [6.45, 7) is 0. The van der Waals surface area contributed by atoms with Crippen molar-refractivity contribution >= 4 is 41.4 Å². The highest BCUT2D eigenvalue weighted by atomic mass is 32.2. The number of H-pyrrole nitrogens is 1. The van der Waals surface area contributed by atoms with Gasteiger partial charge >= 0.3 is 11.9 Å². The Morgan fingerprint density at radius 1 is 0.947 bits per heavy atom. The molecule has 0 spiro atoms. The van der Waals surface area contributed by atoms with Crippen LogP contribution >= 0.6 is 11.8 Å². The number of amides is 3. The minimum atomic E-state index is -1.58. The Morgan fingerprint density at radius 2 is 1.58 bits per heavy atom. The predicted molar refractivity (Wildman–Crippen MR) is 139 cm³/mol. The van der Waals surface area contributed by atoms with E-state index in [0.29, 0.717) is 17.0 Å². The van der Waals surface area contributed by atoms with Crippen LogP contribution in [-0.4, -0.2) is 86.0 Å². The maximum Gasteiger partial charge on any atom is 0.326 e. The molecule has 1 aromatic carbocycles. The number of rotatable bonds is 16. The van der Waals surface area contributed by atoms with E-state index >= 15 is 0 Å². The van der Waals surface area contributed by atoms with Gasteiger partial charge in [0.25, 0.3) is 0 Å². The third-order valence-electron chi connectivity index (χ3n) is 5.48. The van der Waals surface area contributed by atoms with E-state index in [4.69, 9.17) is 5.73 Å².